The molecule has 7 heteroatoms. The molecule has 21 heavy (non-hydrogen) atoms. The number of rotatable bonds is 1. The molecule has 1 aliphatic heterocycles. The Hall–Kier alpha value is -1.01. The first kappa shape index (κ1) is 16.4. The van der Waals surface area contributed by atoms with Crippen molar-refractivity contribution in [2.75, 3.05) is 31.1 Å². The molecule has 1 saturated heterocycles. The van der Waals surface area contributed by atoms with Crippen LogP contribution in [0.15, 0.2) is 16.6 Å². The summed E-state index contributed by atoms with van der Waals surface area (Å²) in [5.74, 6) is 0.811. The molecule has 116 valence electrons. The number of nitrogens with zero attached hydrogens (tertiary/aromatic N) is 3. The normalized spacial score (nSPS) is 16.0. The number of piperazine rings is 1. The van der Waals surface area contributed by atoms with E-state index in [1.807, 2.05) is 26.8 Å². The van der Waals surface area contributed by atoms with Gasteiger partial charge >= 0.3 is 6.09 Å². The van der Waals surface area contributed by atoms with Crippen molar-refractivity contribution >= 4 is 39.4 Å². The highest BCUT2D eigenvalue weighted by atomic mass is 79.9. The molecule has 1 fully saturated rings. The van der Waals surface area contributed by atoms with E-state index in [1.54, 1.807) is 11.0 Å². The van der Waals surface area contributed by atoms with Gasteiger partial charge in [-0.1, -0.05) is 11.6 Å². The highest BCUT2D eigenvalue weighted by Gasteiger charge is 2.26. The second-order valence-electron chi connectivity index (χ2n) is 5.89. The summed E-state index contributed by atoms with van der Waals surface area (Å²) >= 11 is 9.43. The van der Waals surface area contributed by atoms with E-state index in [0.717, 1.165) is 10.3 Å². The highest BCUT2D eigenvalue weighted by Crippen LogP contribution is 2.26. The predicted molar refractivity (Wildman–Crippen MR) is 87.0 cm³/mol. The molecule has 2 rings (SSSR count). The van der Waals surface area contributed by atoms with Crippen molar-refractivity contribution < 1.29 is 9.53 Å². The van der Waals surface area contributed by atoms with Crippen molar-refractivity contribution in [3.63, 3.8) is 0 Å². The molecule has 0 saturated carbocycles. The maximum absolute atomic E-state index is 12.0. The Kier molecular flexibility index (Phi) is 4.99. The number of hydrogen-bond donors (Lipinski definition) is 0. The Bertz CT molecular complexity index is 525. The number of halogens is 2. The number of carbonyl (C=O) groups is 1. The zero-order valence-electron chi connectivity index (χ0n) is 12.4. The third-order valence-electron chi connectivity index (χ3n) is 3.02. The summed E-state index contributed by atoms with van der Waals surface area (Å²) in [4.78, 5) is 20.2. The molecule has 0 aliphatic carbocycles. The van der Waals surface area contributed by atoms with Crippen LogP contribution in [0.1, 0.15) is 20.8 Å². The quantitative estimate of drug-likeness (QED) is 0.703. The second-order valence-corrected chi connectivity index (χ2v) is 7.14. The van der Waals surface area contributed by atoms with Crippen LogP contribution in [0.5, 0.6) is 0 Å². The maximum atomic E-state index is 12.0. The van der Waals surface area contributed by atoms with Gasteiger partial charge in [0.15, 0.2) is 0 Å². The van der Waals surface area contributed by atoms with Crippen LogP contribution in [0.25, 0.3) is 0 Å². The molecule has 0 spiro atoms. The van der Waals surface area contributed by atoms with Gasteiger partial charge in [0.25, 0.3) is 0 Å². The molecule has 0 bridgehead atoms. The minimum atomic E-state index is -0.467. The first-order valence-corrected chi connectivity index (χ1v) is 7.98. The number of anilines is 1. The molecule has 1 aromatic rings. The van der Waals surface area contributed by atoms with E-state index in [-0.39, 0.29) is 6.09 Å². The van der Waals surface area contributed by atoms with Crippen LogP contribution in [0.2, 0.25) is 5.15 Å². The first-order chi connectivity index (χ1) is 9.76. The Morgan fingerprint density at radius 2 is 1.90 bits per heavy atom. The SMILES string of the molecule is CC(C)(C)OC(=O)N1CCN(c2nc(Cl)ccc2Br)CC1. The summed E-state index contributed by atoms with van der Waals surface area (Å²) in [6.45, 7) is 8.22. The molecule has 2 heterocycles. The third-order valence-corrected chi connectivity index (χ3v) is 3.85. The topological polar surface area (TPSA) is 45.7 Å². The molecule has 0 radical (unpaired) electrons. The average molecular weight is 377 g/mol. The predicted octanol–water partition coefficient (Wildman–Crippen LogP) is 3.55. The van der Waals surface area contributed by atoms with E-state index in [0.29, 0.717) is 31.3 Å². The number of aromatic nitrogens is 1. The minimum absolute atomic E-state index is 0.264. The van der Waals surface area contributed by atoms with Gasteiger partial charge in [-0.25, -0.2) is 9.78 Å². The summed E-state index contributed by atoms with van der Waals surface area (Å²) in [7, 11) is 0. The fourth-order valence-electron chi connectivity index (χ4n) is 2.06. The van der Waals surface area contributed by atoms with Crippen LogP contribution >= 0.6 is 27.5 Å². The van der Waals surface area contributed by atoms with Crippen molar-refractivity contribution in [3.8, 4) is 0 Å². The van der Waals surface area contributed by atoms with Gasteiger partial charge in [0.1, 0.15) is 16.6 Å². The average Bonchev–Trinajstić information content (AvgIpc) is 2.40. The van der Waals surface area contributed by atoms with Gasteiger partial charge < -0.3 is 14.5 Å². The van der Waals surface area contributed by atoms with Crippen LogP contribution in [-0.2, 0) is 4.74 Å². The molecular formula is C14H19BrClN3O2. The Balaban J connectivity index is 1.97. The van der Waals surface area contributed by atoms with Gasteiger partial charge in [0.2, 0.25) is 0 Å². The lowest BCUT2D eigenvalue weighted by Gasteiger charge is -2.36. The van der Waals surface area contributed by atoms with Crippen LogP contribution in [-0.4, -0.2) is 47.8 Å². The van der Waals surface area contributed by atoms with Crippen molar-refractivity contribution in [1.29, 1.82) is 0 Å². The monoisotopic (exact) mass is 375 g/mol. The van der Waals surface area contributed by atoms with Crippen LogP contribution < -0.4 is 4.90 Å². The van der Waals surface area contributed by atoms with Crippen molar-refractivity contribution in [2.24, 2.45) is 0 Å². The largest absolute Gasteiger partial charge is 0.444 e. The molecular weight excluding hydrogens is 358 g/mol. The van der Waals surface area contributed by atoms with E-state index in [2.05, 4.69) is 25.8 Å². The van der Waals surface area contributed by atoms with E-state index in [1.165, 1.54) is 0 Å². The van der Waals surface area contributed by atoms with Gasteiger partial charge in [-0.15, -0.1) is 0 Å². The van der Waals surface area contributed by atoms with Crippen LogP contribution in [0.4, 0.5) is 10.6 Å². The van der Waals surface area contributed by atoms with Crippen LogP contribution in [0.3, 0.4) is 0 Å². The maximum Gasteiger partial charge on any atom is 0.410 e. The van der Waals surface area contributed by atoms with E-state index in [9.17, 15) is 4.79 Å². The Labute approximate surface area is 138 Å². The van der Waals surface area contributed by atoms with E-state index >= 15 is 0 Å². The summed E-state index contributed by atoms with van der Waals surface area (Å²) in [6.07, 6.45) is -0.264. The van der Waals surface area contributed by atoms with Gasteiger partial charge in [-0.05, 0) is 48.8 Å². The minimum Gasteiger partial charge on any atom is -0.444 e. The smallest absolute Gasteiger partial charge is 0.410 e. The van der Waals surface area contributed by atoms with Crippen molar-refractivity contribution in [3.05, 3.63) is 21.8 Å². The van der Waals surface area contributed by atoms with Gasteiger partial charge in [0.05, 0.1) is 4.47 Å². The van der Waals surface area contributed by atoms with Gasteiger partial charge in [0, 0.05) is 26.2 Å². The summed E-state index contributed by atoms with van der Waals surface area (Å²) < 4.78 is 6.28. The molecule has 5 nitrogen and oxygen atoms in total. The fraction of sp³-hybridized carbons (Fsp3) is 0.571. The lowest BCUT2D eigenvalue weighted by atomic mass is 10.2. The molecule has 0 atom stereocenters. The van der Waals surface area contributed by atoms with Crippen LogP contribution in [0, 0.1) is 0 Å². The number of ether oxygens (including phenoxy) is 1. The Morgan fingerprint density at radius 3 is 2.48 bits per heavy atom. The summed E-state index contributed by atoms with van der Waals surface area (Å²) in [5, 5.41) is 0.461. The van der Waals surface area contributed by atoms with E-state index < -0.39 is 5.60 Å². The third kappa shape index (κ3) is 4.48. The lowest BCUT2D eigenvalue weighted by molar-refractivity contribution is 0.0240. The molecule has 0 unspecified atom stereocenters. The Morgan fingerprint density at radius 1 is 1.29 bits per heavy atom. The van der Waals surface area contributed by atoms with Gasteiger partial charge in [-0.2, -0.15) is 0 Å². The van der Waals surface area contributed by atoms with Crippen molar-refractivity contribution in [1.82, 2.24) is 9.88 Å². The molecule has 0 aromatic carbocycles. The molecule has 0 N–H and O–H groups in total. The first-order valence-electron chi connectivity index (χ1n) is 6.81. The zero-order valence-corrected chi connectivity index (χ0v) is 14.7. The number of hydrogen-bond acceptors (Lipinski definition) is 4. The molecule has 1 aliphatic rings. The standard InChI is InChI=1S/C14H19BrClN3O2/c1-14(2,3)21-13(20)19-8-6-18(7-9-19)12-10(15)4-5-11(16)17-12/h4-5H,6-9H2,1-3H3. The molecule has 1 amide bonds. The number of carbonyl (C=O) groups excluding carboxylic acids is 1. The summed E-state index contributed by atoms with van der Waals surface area (Å²) in [6, 6.07) is 3.62. The second kappa shape index (κ2) is 6.40. The summed E-state index contributed by atoms with van der Waals surface area (Å²) in [5.41, 5.74) is -0.467. The zero-order chi connectivity index (χ0) is 15.6. The molecule has 1 aromatic heterocycles. The van der Waals surface area contributed by atoms with Crippen molar-refractivity contribution in [2.45, 2.75) is 26.4 Å². The highest BCUT2D eigenvalue weighted by molar-refractivity contribution is 9.10. The lowest BCUT2D eigenvalue weighted by Crippen LogP contribution is -2.50. The fourth-order valence-corrected chi connectivity index (χ4v) is 2.67. The number of pyridine rings is 1. The number of amides is 1. The van der Waals surface area contributed by atoms with E-state index in [4.69, 9.17) is 16.3 Å². The van der Waals surface area contributed by atoms with Gasteiger partial charge in [-0.3, -0.25) is 0 Å².